The van der Waals surface area contributed by atoms with Gasteiger partial charge in [0.2, 0.25) is 0 Å². The highest BCUT2D eigenvalue weighted by Gasteiger charge is 2.22. The monoisotopic (exact) mass is 423 g/mol. The van der Waals surface area contributed by atoms with Gasteiger partial charge in [0, 0.05) is 69.2 Å². The van der Waals surface area contributed by atoms with Crippen molar-refractivity contribution < 1.29 is 9.59 Å². The molecule has 0 spiro atoms. The molecule has 0 bridgehead atoms. The van der Waals surface area contributed by atoms with E-state index < -0.39 is 0 Å². The van der Waals surface area contributed by atoms with Crippen molar-refractivity contribution in [1.82, 2.24) is 24.7 Å². The Morgan fingerprint density at radius 3 is 2.50 bits per heavy atom. The molecule has 156 valence electrons. The smallest absolute Gasteiger partial charge is 0.254 e. The van der Waals surface area contributed by atoms with Crippen LogP contribution < -0.4 is 5.32 Å². The van der Waals surface area contributed by atoms with Crippen molar-refractivity contribution in [2.75, 3.05) is 39.3 Å². The first-order valence-electron chi connectivity index (χ1n) is 10.1. The van der Waals surface area contributed by atoms with Crippen molar-refractivity contribution >= 4 is 23.2 Å². The van der Waals surface area contributed by atoms with E-state index in [4.69, 9.17) is 0 Å². The quantitative estimate of drug-likeness (QED) is 0.632. The number of imidazole rings is 1. The molecule has 0 radical (unpaired) electrons. The van der Waals surface area contributed by atoms with Crippen molar-refractivity contribution in [2.24, 2.45) is 0 Å². The Morgan fingerprint density at radius 1 is 1.03 bits per heavy atom. The van der Waals surface area contributed by atoms with E-state index in [0.717, 1.165) is 50.4 Å². The van der Waals surface area contributed by atoms with Gasteiger partial charge >= 0.3 is 0 Å². The van der Waals surface area contributed by atoms with Crippen LogP contribution in [-0.2, 0) is 6.54 Å². The van der Waals surface area contributed by atoms with Crippen molar-refractivity contribution in [2.45, 2.75) is 6.54 Å². The van der Waals surface area contributed by atoms with Crippen LogP contribution in [0.1, 0.15) is 26.3 Å². The number of aromatic nitrogens is 2. The fourth-order valence-corrected chi connectivity index (χ4v) is 4.16. The molecular weight excluding hydrogens is 398 g/mol. The Hall–Kier alpha value is -2.97. The number of hydrogen-bond acceptors (Lipinski definition) is 5. The number of hydrogen-bond donors (Lipinski definition) is 1. The Morgan fingerprint density at radius 2 is 1.83 bits per heavy atom. The van der Waals surface area contributed by atoms with E-state index in [2.05, 4.69) is 15.2 Å². The Labute approximate surface area is 179 Å². The van der Waals surface area contributed by atoms with Gasteiger partial charge in [0.1, 0.15) is 0 Å². The highest BCUT2D eigenvalue weighted by atomic mass is 32.1. The van der Waals surface area contributed by atoms with Gasteiger partial charge in [-0.15, -0.1) is 0 Å². The van der Waals surface area contributed by atoms with Crippen LogP contribution >= 0.6 is 11.3 Å². The van der Waals surface area contributed by atoms with E-state index in [9.17, 15) is 9.59 Å². The summed E-state index contributed by atoms with van der Waals surface area (Å²) in [4.78, 5) is 33.0. The third-order valence-electron chi connectivity index (χ3n) is 5.28. The maximum absolute atomic E-state index is 12.4. The summed E-state index contributed by atoms with van der Waals surface area (Å²) in [6, 6.07) is 9.53. The molecule has 0 saturated carbocycles. The lowest BCUT2D eigenvalue weighted by Gasteiger charge is -2.34. The van der Waals surface area contributed by atoms with Crippen LogP contribution in [0.25, 0.3) is 0 Å². The molecular formula is C22H25N5O2S. The zero-order valence-corrected chi connectivity index (χ0v) is 17.6. The highest BCUT2D eigenvalue weighted by Crippen LogP contribution is 2.12. The van der Waals surface area contributed by atoms with Crippen LogP contribution in [0.2, 0.25) is 0 Å². The number of carbonyl (C=O) groups is 2. The summed E-state index contributed by atoms with van der Waals surface area (Å²) in [5, 5.41) is 6.82. The fraction of sp³-hybridized carbons (Fsp3) is 0.318. The molecule has 30 heavy (non-hydrogen) atoms. The van der Waals surface area contributed by atoms with E-state index >= 15 is 0 Å². The Balaban J connectivity index is 1.17. The van der Waals surface area contributed by atoms with E-state index in [0.29, 0.717) is 12.1 Å². The molecule has 2 amide bonds. The number of piperazine rings is 1. The molecule has 4 rings (SSSR count). The lowest BCUT2D eigenvalue weighted by atomic mass is 10.1. The van der Waals surface area contributed by atoms with Crippen LogP contribution in [0.5, 0.6) is 0 Å². The van der Waals surface area contributed by atoms with Gasteiger partial charge in [-0.1, -0.05) is 12.1 Å². The molecule has 1 aliphatic heterocycles. The van der Waals surface area contributed by atoms with Crippen LogP contribution in [-0.4, -0.2) is 70.4 Å². The topological polar surface area (TPSA) is 70.5 Å². The molecule has 2 aromatic heterocycles. The molecule has 7 nitrogen and oxygen atoms in total. The number of thiophene rings is 1. The maximum Gasteiger partial charge on any atom is 0.254 e. The minimum atomic E-state index is -0.0598. The number of benzene rings is 1. The summed E-state index contributed by atoms with van der Waals surface area (Å²) in [7, 11) is 0. The molecule has 3 aromatic rings. The maximum atomic E-state index is 12.4. The average Bonchev–Trinajstić information content (AvgIpc) is 3.49. The molecule has 1 aliphatic rings. The zero-order chi connectivity index (χ0) is 20.8. The number of rotatable bonds is 7. The Kier molecular flexibility index (Phi) is 6.56. The van der Waals surface area contributed by atoms with Crippen molar-refractivity contribution in [3.8, 4) is 0 Å². The predicted octanol–water partition coefficient (Wildman–Crippen LogP) is 2.18. The van der Waals surface area contributed by atoms with E-state index in [1.807, 2.05) is 56.8 Å². The zero-order valence-electron chi connectivity index (χ0n) is 16.7. The van der Waals surface area contributed by atoms with Gasteiger partial charge in [-0.3, -0.25) is 14.5 Å². The van der Waals surface area contributed by atoms with Gasteiger partial charge in [0.25, 0.3) is 11.8 Å². The SMILES string of the molecule is O=C(NCCN1CCN(C(=O)c2ccsc2)CC1)c1ccc(Cn2ccnc2)cc1. The summed E-state index contributed by atoms with van der Waals surface area (Å²) in [5.41, 5.74) is 2.56. The second kappa shape index (κ2) is 9.69. The summed E-state index contributed by atoms with van der Waals surface area (Å²) in [6.07, 6.45) is 5.44. The Bertz CT molecular complexity index is 946. The van der Waals surface area contributed by atoms with Crippen LogP contribution in [0.4, 0.5) is 0 Å². The average molecular weight is 424 g/mol. The minimum Gasteiger partial charge on any atom is -0.351 e. The highest BCUT2D eigenvalue weighted by molar-refractivity contribution is 7.08. The summed E-state index contributed by atoms with van der Waals surface area (Å²) in [5.74, 6) is 0.0520. The second-order valence-corrected chi connectivity index (χ2v) is 8.11. The van der Waals surface area contributed by atoms with Crippen LogP contribution in [0.15, 0.2) is 59.8 Å². The van der Waals surface area contributed by atoms with Gasteiger partial charge in [-0.05, 0) is 29.1 Å². The normalized spacial score (nSPS) is 14.6. The van der Waals surface area contributed by atoms with Gasteiger partial charge < -0.3 is 14.8 Å². The minimum absolute atomic E-state index is 0.0598. The second-order valence-electron chi connectivity index (χ2n) is 7.33. The molecule has 0 unspecified atom stereocenters. The standard InChI is InChI=1S/C22H25N5O2S/c28-21(19-3-1-18(2-4-19)15-26-8-6-23-17-26)24-7-9-25-10-12-27(13-11-25)22(29)20-5-14-30-16-20/h1-6,8,14,16-17H,7,9-13,15H2,(H,24,28). The van der Waals surface area contributed by atoms with E-state index in [1.54, 1.807) is 23.9 Å². The molecule has 1 saturated heterocycles. The van der Waals surface area contributed by atoms with Gasteiger partial charge in [-0.2, -0.15) is 11.3 Å². The van der Waals surface area contributed by atoms with Crippen molar-refractivity contribution in [3.63, 3.8) is 0 Å². The molecule has 3 heterocycles. The molecule has 0 aliphatic carbocycles. The lowest BCUT2D eigenvalue weighted by molar-refractivity contribution is 0.0638. The van der Waals surface area contributed by atoms with E-state index in [1.165, 1.54) is 0 Å². The molecule has 8 heteroatoms. The summed E-state index contributed by atoms with van der Waals surface area (Å²) in [6.45, 7) is 5.22. The van der Waals surface area contributed by atoms with Crippen LogP contribution in [0.3, 0.4) is 0 Å². The van der Waals surface area contributed by atoms with Crippen LogP contribution in [0, 0.1) is 0 Å². The first-order valence-corrected chi connectivity index (χ1v) is 11.0. The molecule has 1 aromatic carbocycles. The lowest BCUT2D eigenvalue weighted by Crippen LogP contribution is -2.50. The number of nitrogens with one attached hydrogen (secondary N) is 1. The molecule has 0 atom stereocenters. The molecule has 1 N–H and O–H groups in total. The predicted molar refractivity (Wildman–Crippen MR) is 117 cm³/mol. The van der Waals surface area contributed by atoms with Crippen molar-refractivity contribution in [1.29, 1.82) is 0 Å². The van der Waals surface area contributed by atoms with Gasteiger partial charge in [-0.25, -0.2) is 4.98 Å². The largest absolute Gasteiger partial charge is 0.351 e. The third-order valence-corrected chi connectivity index (χ3v) is 5.96. The number of amides is 2. The fourth-order valence-electron chi connectivity index (χ4n) is 3.53. The van der Waals surface area contributed by atoms with Gasteiger partial charge in [0.15, 0.2) is 0 Å². The van der Waals surface area contributed by atoms with E-state index in [-0.39, 0.29) is 11.8 Å². The third kappa shape index (κ3) is 5.14. The summed E-state index contributed by atoms with van der Waals surface area (Å²) < 4.78 is 1.99. The number of carbonyl (C=O) groups excluding carboxylic acids is 2. The summed E-state index contributed by atoms with van der Waals surface area (Å²) >= 11 is 1.54. The van der Waals surface area contributed by atoms with Crippen molar-refractivity contribution in [3.05, 3.63) is 76.5 Å². The van der Waals surface area contributed by atoms with Gasteiger partial charge in [0.05, 0.1) is 11.9 Å². The first kappa shape index (κ1) is 20.3. The number of nitrogens with zero attached hydrogens (tertiary/aromatic N) is 4. The first-order chi connectivity index (χ1) is 14.7. The molecule has 1 fully saturated rings.